The number of likely N-dealkylation sites (N-methyl/N-ethyl adjacent to an activating group) is 1. The second-order valence-corrected chi connectivity index (χ2v) is 9.23. The highest BCUT2D eigenvalue weighted by molar-refractivity contribution is 7.09. The van der Waals surface area contributed by atoms with Gasteiger partial charge in [0.15, 0.2) is 6.29 Å². The second kappa shape index (κ2) is 10.5. The Hall–Kier alpha value is -1.31. The van der Waals surface area contributed by atoms with Crippen LogP contribution in [0.1, 0.15) is 48.0 Å². The van der Waals surface area contributed by atoms with Crippen LogP contribution in [0.2, 0.25) is 0 Å². The summed E-state index contributed by atoms with van der Waals surface area (Å²) in [4.78, 5) is 25.7. The number of allylic oxidation sites excluding steroid dienone is 1. The Morgan fingerprint density at radius 2 is 1.97 bits per heavy atom. The van der Waals surface area contributed by atoms with Gasteiger partial charge in [-0.3, -0.25) is 4.79 Å². The van der Waals surface area contributed by atoms with Crippen molar-refractivity contribution in [2.45, 2.75) is 84.4 Å². The summed E-state index contributed by atoms with van der Waals surface area (Å²) >= 11 is 0. The molecule has 0 bridgehead atoms. The number of esters is 1. The van der Waals surface area contributed by atoms with Crippen molar-refractivity contribution in [2.75, 3.05) is 14.1 Å². The van der Waals surface area contributed by atoms with Crippen LogP contribution in [-0.2, 0) is 33.1 Å². The number of aldehydes is 1. The van der Waals surface area contributed by atoms with E-state index >= 15 is 0 Å². The molecule has 1 fully saturated rings. The van der Waals surface area contributed by atoms with E-state index in [9.17, 15) is 9.59 Å². The number of nitrogens with zero attached hydrogens (tertiary/aromatic N) is 1. The molecule has 7 atom stereocenters. The molecule has 1 saturated heterocycles. The molecule has 0 aliphatic carbocycles. The van der Waals surface area contributed by atoms with E-state index in [0.717, 1.165) is 12.7 Å². The predicted molar refractivity (Wildman–Crippen MR) is 119 cm³/mol. The fourth-order valence-corrected chi connectivity index (χ4v) is 4.40. The molecule has 0 spiro atoms. The largest absolute Gasteiger partial charge is 0.456 e. The molecule has 31 heavy (non-hydrogen) atoms. The molecule has 9 heteroatoms. The van der Waals surface area contributed by atoms with Crippen molar-refractivity contribution < 1.29 is 33.1 Å². The van der Waals surface area contributed by atoms with Crippen LogP contribution in [0.15, 0.2) is 23.0 Å². The van der Waals surface area contributed by atoms with Crippen LogP contribution in [0.4, 0.5) is 0 Å². The lowest BCUT2D eigenvalue weighted by molar-refractivity contribution is -0.262. The van der Waals surface area contributed by atoms with Crippen molar-refractivity contribution in [1.82, 2.24) is 4.90 Å². The third-order valence-corrected chi connectivity index (χ3v) is 6.02. The summed E-state index contributed by atoms with van der Waals surface area (Å²) in [7, 11) is 6.29. The first-order valence-electron chi connectivity index (χ1n) is 10.5. The van der Waals surface area contributed by atoms with E-state index in [2.05, 4.69) is 14.4 Å². The Labute approximate surface area is 187 Å². The van der Waals surface area contributed by atoms with Gasteiger partial charge in [-0.1, -0.05) is 6.92 Å². The summed E-state index contributed by atoms with van der Waals surface area (Å²) in [6.45, 7) is 10.7. The highest BCUT2D eigenvalue weighted by Crippen LogP contribution is 2.37. The summed E-state index contributed by atoms with van der Waals surface area (Å²) in [6, 6.07) is 0.0818. The van der Waals surface area contributed by atoms with E-state index in [1.807, 2.05) is 34.9 Å². The predicted octanol–water partition coefficient (Wildman–Crippen LogP) is 2.98. The summed E-state index contributed by atoms with van der Waals surface area (Å²) in [6.07, 6.45) is 1.30. The molecule has 0 N–H and O–H groups in total. The minimum absolute atomic E-state index is 0.0408. The maximum atomic E-state index is 12.4. The molecule has 8 nitrogen and oxygen atoms in total. The van der Waals surface area contributed by atoms with Gasteiger partial charge >= 0.3 is 5.97 Å². The van der Waals surface area contributed by atoms with Crippen LogP contribution in [0.5, 0.6) is 0 Å². The fourth-order valence-electron chi connectivity index (χ4n) is 4.09. The zero-order valence-electron chi connectivity index (χ0n) is 19.7. The molecular weight excluding hydrogens is 421 g/mol. The van der Waals surface area contributed by atoms with Crippen LogP contribution in [0.25, 0.3) is 0 Å². The summed E-state index contributed by atoms with van der Waals surface area (Å²) in [5.74, 6) is -1.44. The lowest BCUT2D eigenvalue weighted by Crippen LogP contribution is -2.55. The van der Waals surface area contributed by atoms with Crippen molar-refractivity contribution in [3.05, 3.63) is 23.0 Å². The van der Waals surface area contributed by atoms with E-state index in [1.165, 1.54) is 6.08 Å². The first-order valence-corrected chi connectivity index (χ1v) is 11.0. The van der Waals surface area contributed by atoms with Gasteiger partial charge in [0, 0.05) is 35.3 Å². The van der Waals surface area contributed by atoms with E-state index in [4.69, 9.17) is 23.5 Å². The fraction of sp³-hybridized carbons (Fsp3) is 0.727. The quantitative estimate of drug-likeness (QED) is 0.238. The van der Waals surface area contributed by atoms with E-state index < -0.39 is 24.2 Å². The minimum Gasteiger partial charge on any atom is -0.456 e. The number of cyclic esters (lactones) is 1. The molecule has 0 aromatic heterocycles. The van der Waals surface area contributed by atoms with Gasteiger partial charge in [-0.25, -0.2) is 4.79 Å². The Kier molecular flexibility index (Phi) is 8.82. The molecule has 0 aromatic carbocycles. The van der Waals surface area contributed by atoms with Crippen molar-refractivity contribution in [3.8, 4) is 0 Å². The van der Waals surface area contributed by atoms with Gasteiger partial charge in [0.25, 0.3) is 0 Å². The highest BCUT2D eigenvalue weighted by Gasteiger charge is 2.44. The lowest BCUT2D eigenvalue weighted by Gasteiger charge is -2.44. The van der Waals surface area contributed by atoms with Gasteiger partial charge < -0.3 is 28.4 Å². The number of ether oxygens (including phenoxy) is 4. The third-order valence-electron chi connectivity index (χ3n) is 5.71. The Bertz CT molecular complexity index is 733. The Balaban J connectivity index is 2.40. The van der Waals surface area contributed by atoms with E-state index in [1.54, 1.807) is 20.8 Å². The van der Waals surface area contributed by atoms with Gasteiger partial charge in [0.2, 0.25) is 5.79 Å². The number of rotatable bonds is 8. The molecule has 2 aliphatic rings. The number of hydrogen-bond donors (Lipinski definition) is 0. The Morgan fingerprint density at radius 3 is 2.52 bits per heavy atom. The SMILES string of the molecule is CC1=C([C@H](C)[C@@H](O[C@@H]2O[C@H](C)CC(N(C)C)C2OP)/C(C)=C/C=O)OC(C)(C)OC1=O. The van der Waals surface area contributed by atoms with Crippen LogP contribution in [-0.4, -0.2) is 67.7 Å². The van der Waals surface area contributed by atoms with E-state index in [-0.39, 0.29) is 24.2 Å². The maximum absolute atomic E-state index is 12.4. The smallest absolute Gasteiger partial charge is 0.340 e. The van der Waals surface area contributed by atoms with Crippen LogP contribution in [0.3, 0.4) is 0 Å². The standard InChI is InChI=1S/C22H36NO7P/c1-12(9-10-24)17(14(3)18-15(4)20(25)29-22(5,6)28-18)27-21-19(30-31)16(23(7)8)11-13(2)26-21/h9-10,13-14,16-17,19,21H,11,31H2,1-8H3/b12-9+/t13-,14-,16?,17+,19?,21+/m1/s1. The normalized spacial score (nSPS) is 31.2. The lowest BCUT2D eigenvalue weighted by atomic mass is 9.92. The van der Waals surface area contributed by atoms with Gasteiger partial charge in [0.05, 0.1) is 17.8 Å². The van der Waals surface area contributed by atoms with Crippen molar-refractivity contribution in [2.24, 2.45) is 5.92 Å². The molecule has 2 rings (SSSR count). The zero-order chi connectivity index (χ0) is 23.5. The topological polar surface area (TPSA) is 83.5 Å². The molecule has 0 aromatic rings. The second-order valence-electron chi connectivity index (χ2n) is 8.96. The summed E-state index contributed by atoms with van der Waals surface area (Å²) in [5.41, 5.74) is 1.07. The molecule has 0 amide bonds. The van der Waals surface area contributed by atoms with Crippen molar-refractivity contribution in [1.29, 1.82) is 0 Å². The van der Waals surface area contributed by atoms with E-state index in [0.29, 0.717) is 16.9 Å². The van der Waals surface area contributed by atoms with Crippen LogP contribution in [0, 0.1) is 5.92 Å². The first-order chi connectivity index (χ1) is 14.4. The maximum Gasteiger partial charge on any atom is 0.340 e. The zero-order valence-corrected chi connectivity index (χ0v) is 20.9. The molecule has 2 heterocycles. The van der Waals surface area contributed by atoms with Gasteiger partial charge in [0.1, 0.15) is 18.1 Å². The molecule has 0 saturated carbocycles. The average molecular weight is 458 g/mol. The molecular formula is C22H36NO7P. The van der Waals surface area contributed by atoms with Crippen molar-refractivity contribution >= 4 is 21.7 Å². The summed E-state index contributed by atoms with van der Waals surface area (Å²) < 4.78 is 29.5. The average Bonchev–Trinajstić information content (AvgIpc) is 2.67. The van der Waals surface area contributed by atoms with Crippen molar-refractivity contribution in [3.63, 3.8) is 0 Å². The molecule has 0 radical (unpaired) electrons. The van der Waals surface area contributed by atoms with Gasteiger partial charge in [-0.2, -0.15) is 0 Å². The third kappa shape index (κ3) is 6.14. The number of hydrogen-bond acceptors (Lipinski definition) is 8. The number of carbonyl (C=O) groups is 2. The van der Waals surface area contributed by atoms with Gasteiger partial charge in [-0.05, 0) is 52.9 Å². The van der Waals surface area contributed by atoms with Crippen LogP contribution < -0.4 is 0 Å². The highest BCUT2D eigenvalue weighted by atomic mass is 31.0. The Morgan fingerprint density at radius 1 is 1.32 bits per heavy atom. The molecule has 2 aliphatic heterocycles. The first kappa shape index (κ1) is 25.9. The minimum atomic E-state index is -1.09. The van der Waals surface area contributed by atoms with Gasteiger partial charge in [-0.15, -0.1) is 0 Å². The monoisotopic (exact) mass is 457 g/mol. The molecule has 3 unspecified atom stereocenters. The number of carbonyl (C=O) groups excluding carboxylic acids is 2. The molecule has 176 valence electrons. The summed E-state index contributed by atoms with van der Waals surface area (Å²) in [5, 5.41) is 0. The van der Waals surface area contributed by atoms with Crippen LogP contribution >= 0.6 is 9.47 Å².